The maximum atomic E-state index is 12.3. The summed E-state index contributed by atoms with van der Waals surface area (Å²) in [6.45, 7) is 1.70. The van der Waals surface area contributed by atoms with Crippen LogP contribution in [0.25, 0.3) is 0 Å². The van der Waals surface area contributed by atoms with E-state index in [1.807, 2.05) is 0 Å². The van der Waals surface area contributed by atoms with Gasteiger partial charge in [0, 0.05) is 25.8 Å². The molecule has 20 heavy (non-hydrogen) atoms. The van der Waals surface area contributed by atoms with Crippen molar-refractivity contribution in [2.75, 3.05) is 25.0 Å². The lowest BCUT2D eigenvalue weighted by Crippen LogP contribution is -2.43. The Kier molecular flexibility index (Phi) is 3.11. The van der Waals surface area contributed by atoms with E-state index in [1.165, 1.54) is 17.0 Å². The molecule has 7 nitrogen and oxygen atoms in total. The summed E-state index contributed by atoms with van der Waals surface area (Å²) >= 11 is 0. The molecule has 0 saturated carbocycles. The number of hydrogen-bond donors (Lipinski definition) is 2. The monoisotopic (exact) mass is 273 g/mol. The average Bonchev–Trinajstić information content (AvgIpc) is 2.85. The third kappa shape index (κ3) is 2.23. The third-order valence-electron chi connectivity index (χ3n) is 3.41. The molecule has 1 aromatic heterocycles. The second-order valence-electron chi connectivity index (χ2n) is 4.78. The van der Waals surface area contributed by atoms with Crippen molar-refractivity contribution in [1.82, 2.24) is 20.3 Å². The Bertz CT molecular complexity index is 618. The molecule has 2 N–H and O–H groups in total. The van der Waals surface area contributed by atoms with Gasteiger partial charge in [-0.05, 0) is 24.3 Å². The molecule has 7 heteroatoms. The zero-order chi connectivity index (χ0) is 14.1. The first-order chi connectivity index (χ1) is 9.65. The molecule has 2 aromatic rings. The van der Waals surface area contributed by atoms with Crippen LogP contribution >= 0.6 is 0 Å². The first-order valence-electron chi connectivity index (χ1n) is 6.35. The van der Waals surface area contributed by atoms with Gasteiger partial charge in [0.1, 0.15) is 5.75 Å². The predicted octanol–water partition coefficient (Wildman–Crippen LogP) is 0.405. The van der Waals surface area contributed by atoms with E-state index >= 15 is 0 Å². The maximum absolute atomic E-state index is 12.3. The highest BCUT2D eigenvalue weighted by molar-refractivity contribution is 6.04. The van der Waals surface area contributed by atoms with Crippen LogP contribution in [-0.4, -0.2) is 46.1 Å². The van der Waals surface area contributed by atoms with Crippen LogP contribution < -0.4 is 10.2 Å². The van der Waals surface area contributed by atoms with Crippen LogP contribution in [-0.2, 0) is 0 Å². The van der Waals surface area contributed by atoms with Crippen LogP contribution in [0.1, 0.15) is 16.5 Å². The zero-order valence-electron chi connectivity index (χ0n) is 11.0. The van der Waals surface area contributed by atoms with Crippen molar-refractivity contribution in [3.05, 3.63) is 36.2 Å². The van der Waals surface area contributed by atoms with Gasteiger partial charge in [-0.1, -0.05) is 5.21 Å². The molecule has 2 heterocycles. The molecule has 0 unspecified atom stereocenters. The predicted molar refractivity (Wildman–Crippen MR) is 72.8 cm³/mol. The minimum absolute atomic E-state index is 0.165. The molecule has 3 rings (SSSR count). The van der Waals surface area contributed by atoms with Crippen molar-refractivity contribution in [1.29, 1.82) is 0 Å². The lowest BCUT2D eigenvalue weighted by Gasteiger charge is -2.26. The number of anilines is 1. The van der Waals surface area contributed by atoms with E-state index in [0.717, 1.165) is 13.1 Å². The lowest BCUT2D eigenvalue weighted by molar-refractivity contribution is 0.0988. The zero-order valence-corrected chi connectivity index (χ0v) is 11.0. The summed E-state index contributed by atoms with van der Waals surface area (Å²) in [6.07, 6.45) is 1.67. The van der Waals surface area contributed by atoms with Crippen LogP contribution in [0.5, 0.6) is 5.75 Å². The first-order valence-corrected chi connectivity index (χ1v) is 6.35. The minimum atomic E-state index is -0.228. The molecule has 0 bridgehead atoms. The normalized spacial score (nSPS) is 14.8. The van der Waals surface area contributed by atoms with Crippen LogP contribution in [0, 0.1) is 0 Å². The highest BCUT2D eigenvalue weighted by Gasteiger charge is 2.23. The summed E-state index contributed by atoms with van der Waals surface area (Å²) in [6, 6.07) is 6.70. The van der Waals surface area contributed by atoms with Crippen LogP contribution in [0.15, 0.2) is 30.5 Å². The molecule has 0 aliphatic carbocycles. The standard InChI is InChI=1S/C13H15N5O2/c1-17(9-2-4-11(19)5-3-9)13(20)12-8-18(16-15-12)10-6-14-7-10/h2-5,8,10,14,19H,6-7H2,1H3. The fourth-order valence-electron chi connectivity index (χ4n) is 1.98. The van der Waals surface area contributed by atoms with Gasteiger partial charge in [-0.25, -0.2) is 4.68 Å². The number of nitrogens with one attached hydrogen (secondary N) is 1. The number of benzene rings is 1. The second kappa shape index (κ2) is 4.93. The van der Waals surface area contributed by atoms with Crippen molar-refractivity contribution in [2.24, 2.45) is 0 Å². The molecule has 1 saturated heterocycles. The largest absolute Gasteiger partial charge is 0.508 e. The van der Waals surface area contributed by atoms with Crippen molar-refractivity contribution >= 4 is 11.6 Å². The fraction of sp³-hybridized carbons (Fsp3) is 0.308. The fourth-order valence-corrected chi connectivity index (χ4v) is 1.98. The number of phenolic OH excluding ortho intramolecular Hbond substituents is 1. The first kappa shape index (κ1) is 12.6. The molecule has 1 amide bonds. The Morgan fingerprint density at radius 3 is 2.70 bits per heavy atom. The molecule has 0 atom stereocenters. The number of nitrogens with zero attached hydrogens (tertiary/aromatic N) is 4. The second-order valence-corrected chi connectivity index (χ2v) is 4.78. The van der Waals surface area contributed by atoms with E-state index in [0.29, 0.717) is 11.4 Å². The Hall–Kier alpha value is -2.41. The van der Waals surface area contributed by atoms with Crippen molar-refractivity contribution in [3.63, 3.8) is 0 Å². The number of aromatic nitrogens is 3. The Labute approximate surface area is 115 Å². The van der Waals surface area contributed by atoms with Crippen LogP contribution in [0.4, 0.5) is 5.69 Å². The van der Waals surface area contributed by atoms with Crippen molar-refractivity contribution < 1.29 is 9.90 Å². The van der Waals surface area contributed by atoms with Gasteiger partial charge in [-0.2, -0.15) is 0 Å². The highest BCUT2D eigenvalue weighted by atomic mass is 16.3. The maximum Gasteiger partial charge on any atom is 0.280 e. The molecular formula is C13H15N5O2. The number of phenols is 1. The Balaban J connectivity index is 1.77. The number of carbonyl (C=O) groups excluding carboxylic acids is 1. The minimum Gasteiger partial charge on any atom is -0.508 e. The Morgan fingerprint density at radius 1 is 1.40 bits per heavy atom. The van der Waals surface area contributed by atoms with Crippen LogP contribution in [0.2, 0.25) is 0 Å². The van der Waals surface area contributed by atoms with Gasteiger partial charge in [0.2, 0.25) is 0 Å². The summed E-state index contributed by atoms with van der Waals surface area (Å²) in [7, 11) is 1.67. The van der Waals surface area contributed by atoms with Gasteiger partial charge in [0.15, 0.2) is 5.69 Å². The van der Waals surface area contributed by atoms with Gasteiger partial charge >= 0.3 is 0 Å². The molecule has 104 valence electrons. The highest BCUT2D eigenvalue weighted by Crippen LogP contribution is 2.19. The van der Waals surface area contributed by atoms with E-state index in [4.69, 9.17) is 0 Å². The lowest BCUT2D eigenvalue weighted by atomic mass is 10.2. The van der Waals surface area contributed by atoms with E-state index < -0.39 is 0 Å². The number of hydrogen-bond acceptors (Lipinski definition) is 5. The summed E-state index contributed by atoms with van der Waals surface area (Å²) in [5, 5.41) is 20.3. The number of rotatable bonds is 3. The summed E-state index contributed by atoms with van der Waals surface area (Å²) in [5.41, 5.74) is 1.00. The summed E-state index contributed by atoms with van der Waals surface area (Å²) in [5.74, 6) is -0.0627. The number of aromatic hydroxyl groups is 1. The molecule has 1 aliphatic heterocycles. The third-order valence-corrected chi connectivity index (χ3v) is 3.41. The van der Waals surface area contributed by atoms with E-state index in [2.05, 4.69) is 15.6 Å². The van der Waals surface area contributed by atoms with E-state index in [1.54, 1.807) is 30.1 Å². The van der Waals surface area contributed by atoms with Gasteiger partial charge < -0.3 is 15.3 Å². The molecule has 1 aliphatic rings. The number of carbonyl (C=O) groups is 1. The topological polar surface area (TPSA) is 83.3 Å². The summed E-state index contributed by atoms with van der Waals surface area (Å²) < 4.78 is 1.72. The van der Waals surface area contributed by atoms with E-state index in [9.17, 15) is 9.90 Å². The number of amides is 1. The molecular weight excluding hydrogens is 258 g/mol. The van der Waals surface area contributed by atoms with Crippen LogP contribution in [0.3, 0.4) is 0 Å². The molecule has 1 aromatic carbocycles. The van der Waals surface area contributed by atoms with E-state index in [-0.39, 0.29) is 17.7 Å². The Morgan fingerprint density at radius 2 is 2.10 bits per heavy atom. The average molecular weight is 273 g/mol. The van der Waals surface area contributed by atoms with Gasteiger partial charge in [0.25, 0.3) is 5.91 Å². The van der Waals surface area contributed by atoms with Gasteiger partial charge in [-0.3, -0.25) is 4.79 Å². The molecule has 0 radical (unpaired) electrons. The molecule has 1 fully saturated rings. The van der Waals surface area contributed by atoms with Crippen molar-refractivity contribution in [2.45, 2.75) is 6.04 Å². The summed E-state index contributed by atoms with van der Waals surface area (Å²) in [4.78, 5) is 13.8. The quantitative estimate of drug-likeness (QED) is 0.846. The van der Waals surface area contributed by atoms with Crippen molar-refractivity contribution in [3.8, 4) is 5.75 Å². The van der Waals surface area contributed by atoms with Gasteiger partial charge in [0.05, 0.1) is 12.2 Å². The molecule has 0 spiro atoms. The van der Waals surface area contributed by atoms with Gasteiger partial charge in [-0.15, -0.1) is 5.10 Å². The SMILES string of the molecule is CN(C(=O)c1cn(C2CNC2)nn1)c1ccc(O)cc1. The smallest absolute Gasteiger partial charge is 0.280 e.